The quantitative estimate of drug-likeness (QED) is 0.368. The van der Waals surface area contributed by atoms with E-state index in [4.69, 9.17) is 37.4 Å². The Hall–Kier alpha value is -1.91. The maximum atomic E-state index is 13.3. The number of halogens is 2. The van der Waals surface area contributed by atoms with Crippen molar-refractivity contribution in [1.82, 2.24) is 0 Å². The normalized spacial score (nSPS) is 10.6. The second-order valence-corrected chi connectivity index (χ2v) is 6.95. The van der Waals surface area contributed by atoms with Crippen molar-refractivity contribution in [2.24, 2.45) is 0 Å². The zero-order chi connectivity index (χ0) is 20.0. The molecule has 0 amide bonds. The van der Waals surface area contributed by atoms with Gasteiger partial charge in [-0.15, -0.1) is 0 Å². The summed E-state index contributed by atoms with van der Waals surface area (Å²) in [7, 11) is 3.06. The van der Waals surface area contributed by atoms with Crippen LogP contribution < -0.4 is 14.2 Å². The molecular weight excluding hydrogens is 387 g/mol. The van der Waals surface area contributed by atoms with Crippen molar-refractivity contribution in [2.75, 3.05) is 20.8 Å². The van der Waals surface area contributed by atoms with Crippen LogP contribution in [-0.2, 0) is 0 Å². The first-order valence-corrected chi connectivity index (χ1v) is 9.58. The van der Waals surface area contributed by atoms with Crippen LogP contribution in [0, 0.1) is 6.92 Å². The van der Waals surface area contributed by atoms with Crippen molar-refractivity contribution in [3.8, 4) is 17.2 Å². The van der Waals surface area contributed by atoms with Crippen molar-refractivity contribution >= 4 is 29.0 Å². The van der Waals surface area contributed by atoms with Crippen LogP contribution in [0.2, 0.25) is 10.0 Å². The van der Waals surface area contributed by atoms with Gasteiger partial charge in [0, 0.05) is 0 Å². The molecule has 0 heterocycles. The molecule has 0 aliphatic heterocycles. The van der Waals surface area contributed by atoms with Crippen LogP contribution in [0.3, 0.4) is 0 Å². The first-order chi connectivity index (χ1) is 12.9. The third-order valence-electron chi connectivity index (χ3n) is 4.25. The van der Waals surface area contributed by atoms with E-state index in [0.717, 1.165) is 24.8 Å². The first kappa shape index (κ1) is 21.4. The molecule has 2 aromatic carbocycles. The Kier molecular flexibility index (Phi) is 7.81. The smallest absolute Gasteiger partial charge is 0.200 e. The summed E-state index contributed by atoms with van der Waals surface area (Å²) in [5.74, 6) is 1.09. The van der Waals surface area contributed by atoms with Crippen LogP contribution in [0.1, 0.15) is 47.7 Å². The minimum atomic E-state index is -0.311. The van der Waals surface area contributed by atoms with E-state index in [1.54, 1.807) is 25.3 Å². The molecule has 0 saturated heterocycles. The highest BCUT2D eigenvalue weighted by molar-refractivity contribution is 6.41. The Labute approximate surface area is 170 Å². The highest BCUT2D eigenvalue weighted by Crippen LogP contribution is 2.39. The Bertz CT molecular complexity index is 795. The second-order valence-electron chi connectivity index (χ2n) is 6.14. The first-order valence-electron chi connectivity index (χ1n) is 8.82. The summed E-state index contributed by atoms with van der Waals surface area (Å²) in [6.07, 6.45) is 3.02. The average molecular weight is 411 g/mol. The van der Waals surface area contributed by atoms with E-state index in [2.05, 4.69) is 6.92 Å². The van der Waals surface area contributed by atoms with Crippen LogP contribution >= 0.6 is 23.2 Å². The van der Waals surface area contributed by atoms with E-state index in [1.807, 2.05) is 13.0 Å². The second kappa shape index (κ2) is 9.86. The summed E-state index contributed by atoms with van der Waals surface area (Å²) in [5, 5.41) is 0.451. The predicted octanol–water partition coefficient (Wildman–Crippen LogP) is 6.12. The Morgan fingerprint density at radius 2 is 1.67 bits per heavy atom. The monoisotopic (exact) mass is 410 g/mol. The van der Waals surface area contributed by atoms with Gasteiger partial charge in [-0.3, -0.25) is 4.79 Å². The van der Waals surface area contributed by atoms with E-state index in [-0.39, 0.29) is 21.4 Å². The Morgan fingerprint density at radius 3 is 2.22 bits per heavy atom. The lowest BCUT2D eigenvalue weighted by Gasteiger charge is -2.18. The Morgan fingerprint density at radius 1 is 1.00 bits per heavy atom. The summed E-state index contributed by atoms with van der Waals surface area (Å²) in [4.78, 5) is 13.3. The third-order valence-corrected chi connectivity index (χ3v) is 4.85. The lowest BCUT2D eigenvalue weighted by atomic mass is 9.97. The maximum absolute atomic E-state index is 13.3. The highest BCUT2D eigenvalue weighted by Gasteiger charge is 2.25. The van der Waals surface area contributed by atoms with Gasteiger partial charge in [-0.25, -0.2) is 0 Å². The molecular formula is C21H24Cl2O4. The van der Waals surface area contributed by atoms with Gasteiger partial charge in [0.2, 0.25) is 0 Å². The molecule has 27 heavy (non-hydrogen) atoms. The predicted molar refractivity (Wildman–Crippen MR) is 109 cm³/mol. The van der Waals surface area contributed by atoms with Crippen molar-refractivity contribution in [1.29, 1.82) is 0 Å². The van der Waals surface area contributed by atoms with Gasteiger partial charge in [0.05, 0.1) is 42.0 Å². The van der Waals surface area contributed by atoms with E-state index in [1.165, 1.54) is 7.11 Å². The van der Waals surface area contributed by atoms with E-state index in [0.29, 0.717) is 29.4 Å². The molecule has 6 heteroatoms. The molecule has 0 aliphatic rings. The molecule has 0 bridgehead atoms. The standard InChI is InChI=1S/C21H24Cl2O4/c1-5-6-7-10-27-21-17(26-4)9-8-13(2)18(21)20(24)19-15(22)11-14(25-3)12-16(19)23/h8-9,11-12H,5-7,10H2,1-4H3. The number of ether oxygens (including phenoxy) is 3. The van der Waals surface area contributed by atoms with Crippen LogP contribution in [-0.4, -0.2) is 26.6 Å². The zero-order valence-electron chi connectivity index (χ0n) is 16.0. The molecule has 0 saturated carbocycles. The van der Waals surface area contributed by atoms with Crippen LogP contribution in [0.4, 0.5) is 0 Å². The minimum Gasteiger partial charge on any atom is -0.497 e. The third kappa shape index (κ3) is 4.88. The SMILES string of the molecule is CCCCCOc1c(OC)ccc(C)c1C(=O)c1c(Cl)cc(OC)cc1Cl. The van der Waals surface area contributed by atoms with Crippen molar-refractivity contribution in [3.63, 3.8) is 0 Å². The number of carbonyl (C=O) groups excluding carboxylic acids is 1. The van der Waals surface area contributed by atoms with Gasteiger partial charge >= 0.3 is 0 Å². The van der Waals surface area contributed by atoms with Crippen molar-refractivity contribution in [2.45, 2.75) is 33.1 Å². The number of ketones is 1. The van der Waals surface area contributed by atoms with E-state index in [9.17, 15) is 4.79 Å². The molecule has 0 fully saturated rings. The molecule has 146 valence electrons. The maximum Gasteiger partial charge on any atom is 0.200 e. The molecule has 0 radical (unpaired) electrons. The number of unbranched alkanes of at least 4 members (excludes halogenated alkanes) is 2. The zero-order valence-corrected chi connectivity index (χ0v) is 17.5. The molecule has 2 aromatic rings. The van der Waals surface area contributed by atoms with Crippen LogP contribution in [0.15, 0.2) is 24.3 Å². The number of hydrogen-bond donors (Lipinski definition) is 0. The number of rotatable bonds is 9. The van der Waals surface area contributed by atoms with Crippen LogP contribution in [0.25, 0.3) is 0 Å². The average Bonchev–Trinajstić information content (AvgIpc) is 2.64. The fraction of sp³-hybridized carbons (Fsp3) is 0.381. The number of benzene rings is 2. The number of carbonyl (C=O) groups is 1. The molecule has 0 unspecified atom stereocenters. The summed E-state index contributed by atoms with van der Waals surface area (Å²) >= 11 is 12.6. The summed E-state index contributed by atoms with van der Waals surface area (Å²) < 4.78 is 16.5. The molecule has 0 aromatic heterocycles. The van der Waals surface area contributed by atoms with Gasteiger partial charge < -0.3 is 14.2 Å². The van der Waals surface area contributed by atoms with Gasteiger partial charge in [-0.2, -0.15) is 0 Å². The molecule has 0 N–H and O–H groups in total. The van der Waals surface area contributed by atoms with E-state index < -0.39 is 0 Å². The van der Waals surface area contributed by atoms with Crippen molar-refractivity contribution in [3.05, 3.63) is 51.0 Å². The number of hydrogen-bond acceptors (Lipinski definition) is 4. The lowest BCUT2D eigenvalue weighted by molar-refractivity contribution is 0.103. The molecule has 2 rings (SSSR count). The summed E-state index contributed by atoms with van der Waals surface area (Å²) in [5.41, 5.74) is 1.38. The lowest BCUT2D eigenvalue weighted by Crippen LogP contribution is -2.11. The van der Waals surface area contributed by atoms with Crippen molar-refractivity contribution < 1.29 is 19.0 Å². The summed E-state index contributed by atoms with van der Waals surface area (Å²) in [6.45, 7) is 4.46. The van der Waals surface area contributed by atoms with Gasteiger partial charge in [0.15, 0.2) is 17.3 Å². The number of methoxy groups -OCH3 is 2. The highest BCUT2D eigenvalue weighted by atomic mass is 35.5. The van der Waals surface area contributed by atoms with Gasteiger partial charge in [-0.1, -0.05) is 49.0 Å². The molecule has 4 nitrogen and oxygen atoms in total. The summed E-state index contributed by atoms with van der Waals surface area (Å²) in [6, 6.07) is 6.74. The van der Waals surface area contributed by atoms with Gasteiger partial charge in [-0.05, 0) is 37.1 Å². The van der Waals surface area contributed by atoms with Gasteiger partial charge in [0.25, 0.3) is 0 Å². The number of aryl methyl sites for hydroxylation is 1. The molecule has 0 atom stereocenters. The van der Waals surface area contributed by atoms with E-state index >= 15 is 0 Å². The topological polar surface area (TPSA) is 44.8 Å². The molecule has 0 spiro atoms. The fourth-order valence-corrected chi connectivity index (χ4v) is 3.42. The van der Waals surface area contributed by atoms with Gasteiger partial charge in [0.1, 0.15) is 5.75 Å². The largest absolute Gasteiger partial charge is 0.497 e. The fourth-order valence-electron chi connectivity index (χ4n) is 2.78. The van der Waals surface area contributed by atoms with Crippen LogP contribution in [0.5, 0.6) is 17.2 Å². The Balaban J connectivity index is 2.52. The minimum absolute atomic E-state index is 0.217. The molecule has 0 aliphatic carbocycles.